The first-order valence-corrected chi connectivity index (χ1v) is 5.99. The number of nitrogens with zero attached hydrogens (tertiary/aromatic N) is 3. The van der Waals surface area contributed by atoms with Crippen molar-refractivity contribution in [2.45, 2.75) is 32.7 Å². The van der Waals surface area contributed by atoms with Gasteiger partial charge in [0.2, 0.25) is 5.78 Å². The molecule has 1 aromatic rings. The Kier molecular flexibility index (Phi) is 3.05. The molecular weight excluding hydrogens is 214 g/mol. The lowest BCUT2D eigenvalue weighted by Gasteiger charge is -2.19. The van der Waals surface area contributed by atoms with E-state index in [4.69, 9.17) is 0 Å². The van der Waals surface area contributed by atoms with Crippen molar-refractivity contribution in [1.82, 2.24) is 14.7 Å². The van der Waals surface area contributed by atoms with Gasteiger partial charge < -0.3 is 4.90 Å². The highest BCUT2D eigenvalue weighted by Crippen LogP contribution is 2.26. The Morgan fingerprint density at radius 1 is 1.41 bits per heavy atom. The molecule has 0 N–H and O–H groups in total. The van der Waals surface area contributed by atoms with Crippen molar-refractivity contribution >= 4 is 5.78 Å². The summed E-state index contributed by atoms with van der Waals surface area (Å²) in [7, 11) is 3.88. The standard InChI is InChI=1S/C13H19N3O/c1-9(2)16-12-10(7-14-16)5-6-11(13(12)17)8-15(3)4/h7-9H,5-6H2,1-4H3/b11-8-. The van der Waals surface area contributed by atoms with Crippen molar-refractivity contribution in [2.75, 3.05) is 14.1 Å². The minimum Gasteiger partial charge on any atom is -0.383 e. The summed E-state index contributed by atoms with van der Waals surface area (Å²) in [4.78, 5) is 14.3. The SMILES string of the molecule is CC(C)n1ncc2c1C(=O)/C(=C\N(C)C)CC2. The number of ketones is 1. The van der Waals surface area contributed by atoms with Gasteiger partial charge >= 0.3 is 0 Å². The van der Waals surface area contributed by atoms with Crippen LogP contribution in [0, 0.1) is 0 Å². The van der Waals surface area contributed by atoms with Gasteiger partial charge in [-0.1, -0.05) is 0 Å². The predicted molar refractivity (Wildman–Crippen MR) is 67.0 cm³/mol. The Bertz CT molecular complexity index is 469. The summed E-state index contributed by atoms with van der Waals surface area (Å²) in [5.74, 6) is 0.131. The summed E-state index contributed by atoms with van der Waals surface area (Å²) < 4.78 is 1.83. The van der Waals surface area contributed by atoms with E-state index in [9.17, 15) is 4.79 Å². The zero-order valence-corrected chi connectivity index (χ0v) is 10.9. The molecule has 1 heterocycles. The van der Waals surface area contributed by atoms with Crippen LogP contribution in [0.2, 0.25) is 0 Å². The van der Waals surface area contributed by atoms with Crippen molar-refractivity contribution in [3.8, 4) is 0 Å². The van der Waals surface area contributed by atoms with Crippen molar-refractivity contribution in [1.29, 1.82) is 0 Å². The van der Waals surface area contributed by atoms with Crippen LogP contribution in [-0.2, 0) is 6.42 Å². The molecule has 1 aliphatic carbocycles. The Labute approximate surface area is 102 Å². The molecule has 0 radical (unpaired) electrons. The zero-order chi connectivity index (χ0) is 12.6. The summed E-state index contributed by atoms with van der Waals surface area (Å²) in [6.45, 7) is 4.09. The second-order valence-corrected chi connectivity index (χ2v) is 5.00. The molecular formula is C13H19N3O. The lowest BCUT2D eigenvalue weighted by Crippen LogP contribution is -2.21. The first-order chi connectivity index (χ1) is 8.00. The molecule has 0 unspecified atom stereocenters. The van der Waals surface area contributed by atoms with Crippen LogP contribution < -0.4 is 0 Å². The Morgan fingerprint density at radius 3 is 2.71 bits per heavy atom. The fourth-order valence-corrected chi connectivity index (χ4v) is 2.19. The fraction of sp³-hybridized carbons (Fsp3) is 0.538. The third kappa shape index (κ3) is 2.12. The average Bonchev–Trinajstić information content (AvgIpc) is 2.66. The third-order valence-corrected chi connectivity index (χ3v) is 2.94. The molecule has 92 valence electrons. The number of hydrogen-bond acceptors (Lipinski definition) is 3. The van der Waals surface area contributed by atoms with Crippen molar-refractivity contribution in [2.24, 2.45) is 0 Å². The second kappa shape index (κ2) is 4.35. The van der Waals surface area contributed by atoms with Crippen LogP contribution in [0.3, 0.4) is 0 Å². The lowest BCUT2D eigenvalue weighted by molar-refractivity contribution is 0.101. The molecule has 0 bridgehead atoms. The van der Waals surface area contributed by atoms with Crippen LogP contribution in [0.15, 0.2) is 18.0 Å². The van der Waals surface area contributed by atoms with Crippen LogP contribution in [0.5, 0.6) is 0 Å². The van der Waals surface area contributed by atoms with Gasteiger partial charge in [-0.05, 0) is 26.7 Å². The maximum absolute atomic E-state index is 12.4. The Balaban J connectivity index is 2.43. The number of fused-ring (bicyclic) bond motifs is 1. The summed E-state index contributed by atoms with van der Waals surface area (Å²) in [5.41, 5.74) is 2.74. The third-order valence-electron chi connectivity index (χ3n) is 2.94. The fourth-order valence-electron chi connectivity index (χ4n) is 2.19. The largest absolute Gasteiger partial charge is 0.383 e. The molecule has 17 heavy (non-hydrogen) atoms. The maximum Gasteiger partial charge on any atom is 0.208 e. The number of carbonyl (C=O) groups is 1. The molecule has 0 aromatic carbocycles. The van der Waals surface area contributed by atoms with E-state index in [0.29, 0.717) is 0 Å². The van der Waals surface area contributed by atoms with E-state index in [1.165, 1.54) is 0 Å². The van der Waals surface area contributed by atoms with Crippen molar-refractivity contribution in [3.63, 3.8) is 0 Å². The minimum atomic E-state index is 0.131. The highest BCUT2D eigenvalue weighted by atomic mass is 16.1. The predicted octanol–water partition coefficient (Wildman–Crippen LogP) is 2.04. The van der Waals surface area contributed by atoms with Crippen molar-refractivity contribution in [3.05, 3.63) is 29.2 Å². The van der Waals surface area contributed by atoms with Crippen LogP contribution in [0.1, 0.15) is 42.4 Å². The maximum atomic E-state index is 12.4. The van der Waals surface area contributed by atoms with Crippen molar-refractivity contribution < 1.29 is 4.79 Å². The van der Waals surface area contributed by atoms with Gasteiger partial charge in [0.25, 0.3) is 0 Å². The highest BCUT2D eigenvalue weighted by molar-refractivity contribution is 6.09. The van der Waals surface area contributed by atoms with E-state index in [2.05, 4.69) is 5.10 Å². The average molecular weight is 233 g/mol. The molecule has 0 atom stereocenters. The van der Waals surface area contributed by atoms with Gasteiger partial charge in [0.1, 0.15) is 5.69 Å². The molecule has 0 saturated heterocycles. The molecule has 0 fully saturated rings. The highest BCUT2D eigenvalue weighted by Gasteiger charge is 2.27. The number of rotatable bonds is 2. The number of Topliss-reactive ketones (excluding diaryl/α,β-unsaturated/α-hetero) is 1. The van der Waals surface area contributed by atoms with E-state index in [-0.39, 0.29) is 11.8 Å². The molecule has 0 aliphatic heterocycles. The van der Waals surface area contributed by atoms with E-state index < -0.39 is 0 Å². The molecule has 1 aromatic heterocycles. The van der Waals surface area contributed by atoms with Gasteiger partial charge in [0.15, 0.2) is 0 Å². The number of carbonyl (C=O) groups excluding carboxylic acids is 1. The summed E-state index contributed by atoms with van der Waals surface area (Å²) in [6.07, 6.45) is 5.48. The van der Waals surface area contributed by atoms with E-state index in [1.807, 2.05) is 49.9 Å². The lowest BCUT2D eigenvalue weighted by atomic mass is 9.92. The quantitative estimate of drug-likeness (QED) is 0.734. The Morgan fingerprint density at radius 2 is 2.12 bits per heavy atom. The molecule has 4 heteroatoms. The van der Waals surface area contributed by atoms with E-state index in [0.717, 1.165) is 29.7 Å². The number of allylic oxidation sites excluding steroid dienone is 1. The number of hydrogen-bond donors (Lipinski definition) is 0. The molecule has 0 spiro atoms. The van der Waals surface area contributed by atoms with Gasteiger partial charge in [0, 0.05) is 37.5 Å². The van der Waals surface area contributed by atoms with Crippen LogP contribution in [0.4, 0.5) is 0 Å². The first-order valence-electron chi connectivity index (χ1n) is 5.99. The van der Waals surface area contributed by atoms with E-state index >= 15 is 0 Å². The normalized spacial score (nSPS) is 17.7. The summed E-state index contributed by atoms with van der Waals surface area (Å²) in [6, 6.07) is 0.224. The van der Waals surface area contributed by atoms with Crippen LogP contribution >= 0.6 is 0 Å². The van der Waals surface area contributed by atoms with Gasteiger partial charge in [-0.2, -0.15) is 5.10 Å². The topological polar surface area (TPSA) is 38.1 Å². The van der Waals surface area contributed by atoms with Gasteiger partial charge in [-0.25, -0.2) is 0 Å². The van der Waals surface area contributed by atoms with Crippen LogP contribution in [0.25, 0.3) is 0 Å². The van der Waals surface area contributed by atoms with Crippen LogP contribution in [-0.4, -0.2) is 34.6 Å². The van der Waals surface area contributed by atoms with Gasteiger partial charge in [-0.15, -0.1) is 0 Å². The molecule has 0 amide bonds. The van der Waals surface area contributed by atoms with Gasteiger partial charge in [0.05, 0.1) is 6.20 Å². The molecule has 2 rings (SSSR count). The van der Waals surface area contributed by atoms with E-state index in [1.54, 1.807) is 0 Å². The molecule has 4 nitrogen and oxygen atoms in total. The zero-order valence-electron chi connectivity index (χ0n) is 10.9. The second-order valence-electron chi connectivity index (χ2n) is 5.00. The summed E-state index contributed by atoms with van der Waals surface area (Å²) in [5, 5.41) is 4.32. The smallest absolute Gasteiger partial charge is 0.208 e. The summed E-state index contributed by atoms with van der Waals surface area (Å²) >= 11 is 0. The minimum absolute atomic E-state index is 0.131. The molecule has 1 aliphatic rings. The van der Waals surface area contributed by atoms with Gasteiger partial charge in [-0.3, -0.25) is 9.48 Å². The number of aryl methyl sites for hydroxylation is 1. The number of aromatic nitrogens is 2. The monoisotopic (exact) mass is 233 g/mol. The first kappa shape index (κ1) is 11.9. The Hall–Kier alpha value is -1.58. The molecule has 0 saturated carbocycles.